The van der Waals surface area contributed by atoms with Gasteiger partial charge in [0.2, 0.25) is 0 Å². The molecule has 0 bridgehead atoms. The molecule has 0 saturated carbocycles. The molecule has 2 rings (SSSR count). The molecule has 1 aromatic heterocycles. The quantitative estimate of drug-likeness (QED) is 0.247. The van der Waals surface area contributed by atoms with Gasteiger partial charge in [0.15, 0.2) is 5.96 Å². The highest BCUT2D eigenvalue weighted by Gasteiger charge is 2.18. The molecular weight excluding hydrogens is 521 g/mol. The van der Waals surface area contributed by atoms with Crippen LogP contribution in [0.25, 0.3) is 5.69 Å². The average molecular weight is 557 g/mol. The number of carbonyl (C=O) groups excluding carboxylic acids is 1. The number of amides is 1. The van der Waals surface area contributed by atoms with Crippen molar-refractivity contribution in [3.05, 3.63) is 42.5 Å². The lowest BCUT2D eigenvalue weighted by Crippen LogP contribution is -2.48. The molecule has 1 unspecified atom stereocenters. The number of nitrogens with one attached hydrogen (secondary N) is 3. The normalized spacial score (nSPS) is 12.5. The highest BCUT2D eigenvalue weighted by atomic mass is 127. The third kappa shape index (κ3) is 10.3. The predicted molar refractivity (Wildman–Crippen MR) is 138 cm³/mol. The molecule has 1 aromatic carbocycles. The fraction of sp³-hybridized carbons (Fsp3) is 0.545. The molecule has 0 saturated heterocycles. The number of rotatable bonds is 9. The summed E-state index contributed by atoms with van der Waals surface area (Å²) >= 11 is 0. The Hall–Kier alpha value is -2.37. The first-order valence-corrected chi connectivity index (χ1v) is 10.7. The van der Waals surface area contributed by atoms with Gasteiger partial charge in [0.05, 0.1) is 5.69 Å². The lowest BCUT2D eigenvalue weighted by molar-refractivity contribution is 0.0523. The van der Waals surface area contributed by atoms with Gasteiger partial charge in [0, 0.05) is 26.2 Å². The molecule has 0 fully saturated rings. The number of alkyl carbamates (subject to hydrolysis) is 1. The second-order valence-electron chi connectivity index (χ2n) is 8.30. The van der Waals surface area contributed by atoms with Crippen molar-refractivity contribution in [1.29, 1.82) is 0 Å². The summed E-state index contributed by atoms with van der Waals surface area (Å²) in [7, 11) is 1.74. The molecule has 178 valence electrons. The number of nitrogens with zero attached hydrogens (tertiary/aromatic N) is 4. The molecular formula is C22H36IN7O2. The van der Waals surface area contributed by atoms with E-state index in [0.29, 0.717) is 19.0 Å². The third-order valence-electron chi connectivity index (χ3n) is 4.44. The Morgan fingerprint density at radius 1 is 1.22 bits per heavy atom. The molecule has 0 aliphatic heterocycles. The van der Waals surface area contributed by atoms with Gasteiger partial charge < -0.3 is 20.7 Å². The van der Waals surface area contributed by atoms with E-state index in [4.69, 9.17) is 4.74 Å². The molecule has 1 heterocycles. The van der Waals surface area contributed by atoms with Crippen molar-refractivity contribution in [3.8, 4) is 5.69 Å². The Bertz CT molecular complexity index is 818. The van der Waals surface area contributed by atoms with Crippen LogP contribution in [0.15, 0.2) is 41.9 Å². The minimum atomic E-state index is -0.516. The van der Waals surface area contributed by atoms with Crippen molar-refractivity contribution in [1.82, 2.24) is 30.7 Å². The number of ether oxygens (including phenoxy) is 1. The van der Waals surface area contributed by atoms with Crippen LogP contribution in [0.1, 0.15) is 52.5 Å². The average Bonchev–Trinajstić information content (AvgIpc) is 3.26. The Morgan fingerprint density at radius 3 is 2.50 bits per heavy atom. The maximum atomic E-state index is 12.0. The van der Waals surface area contributed by atoms with Gasteiger partial charge in [-0.1, -0.05) is 31.9 Å². The molecule has 2 aromatic rings. The Labute approximate surface area is 207 Å². The van der Waals surface area contributed by atoms with Crippen LogP contribution in [-0.2, 0) is 11.3 Å². The van der Waals surface area contributed by atoms with Gasteiger partial charge >= 0.3 is 6.09 Å². The number of benzene rings is 1. The fourth-order valence-electron chi connectivity index (χ4n) is 2.88. The van der Waals surface area contributed by atoms with Crippen LogP contribution in [0, 0.1) is 0 Å². The number of hydrogen-bond donors (Lipinski definition) is 3. The third-order valence-corrected chi connectivity index (χ3v) is 4.44. The van der Waals surface area contributed by atoms with Crippen LogP contribution in [0.3, 0.4) is 0 Å². The first-order chi connectivity index (χ1) is 14.8. The lowest BCUT2D eigenvalue weighted by Gasteiger charge is -2.24. The van der Waals surface area contributed by atoms with Crippen LogP contribution in [0.5, 0.6) is 0 Å². The van der Waals surface area contributed by atoms with E-state index >= 15 is 0 Å². The smallest absolute Gasteiger partial charge is 0.407 e. The predicted octanol–water partition coefficient (Wildman–Crippen LogP) is 3.63. The number of halogens is 1. The second-order valence-corrected chi connectivity index (χ2v) is 8.30. The maximum absolute atomic E-state index is 12.0. The molecule has 3 N–H and O–H groups in total. The number of guanidine groups is 1. The first kappa shape index (κ1) is 27.7. The monoisotopic (exact) mass is 557 g/mol. The Kier molecular flexibility index (Phi) is 12.0. The second kappa shape index (κ2) is 13.9. The summed E-state index contributed by atoms with van der Waals surface area (Å²) in [6.07, 6.45) is 5.81. The summed E-state index contributed by atoms with van der Waals surface area (Å²) in [6.45, 7) is 8.78. The van der Waals surface area contributed by atoms with Gasteiger partial charge in [-0.05, 0) is 44.9 Å². The van der Waals surface area contributed by atoms with Gasteiger partial charge in [-0.3, -0.25) is 4.99 Å². The van der Waals surface area contributed by atoms with E-state index in [9.17, 15) is 4.79 Å². The molecule has 0 spiro atoms. The largest absolute Gasteiger partial charge is 0.444 e. The van der Waals surface area contributed by atoms with E-state index < -0.39 is 11.7 Å². The summed E-state index contributed by atoms with van der Waals surface area (Å²) in [4.78, 5) is 20.3. The van der Waals surface area contributed by atoms with Crippen molar-refractivity contribution in [2.45, 2.75) is 65.1 Å². The van der Waals surface area contributed by atoms with E-state index in [-0.39, 0.29) is 30.0 Å². The van der Waals surface area contributed by atoms with Crippen LogP contribution >= 0.6 is 24.0 Å². The molecule has 0 radical (unpaired) electrons. The standard InChI is InChI=1S/C22H35N7O2.HI/c1-6-7-8-18(14-26-21(30)31-22(2,3)4)28-20(23-5)25-13-17-9-11-19(12-10-17)29-16-24-15-27-29;/h9-12,15-16,18H,6-8,13-14H2,1-5H3,(H,26,30)(H2,23,25,28);1H. The van der Waals surface area contributed by atoms with E-state index in [1.807, 2.05) is 45.0 Å². The van der Waals surface area contributed by atoms with Crippen LogP contribution in [0.2, 0.25) is 0 Å². The zero-order valence-electron chi connectivity index (χ0n) is 19.6. The highest BCUT2D eigenvalue weighted by molar-refractivity contribution is 14.0. The van der Waals surface area contributed by atoms with Gasteiger partial charge in [-0.2, -0.15) is 5.10 Å². The number of unbranched alkanes of at least 4 members (excludes halogenated alkanes) is 1. The van der Waals surface area contributed by atoms with E-state index in [1.165, 1.54) is 6.33 Å². The van der Waals surface area contributed by atoms with Crippen molar-refractivity contribution in [3.63, 3.8) is 0 Å². The molecule has 32 heavy (non-hydrogen) atoms. The minimum absolute atomic E-state index is 0. The highest BCUT2D eigenvalue weighted by Crippen LogP contribution is 2.09. The van der Waals surface area contributed by atoms with Crippen molar-refractivity contribution in [2.24, 2.45) is 4.99 Å². The summed E-state index contributed by atoms with van der Waals surface area (Å²) in [5, 5.41) is 13.7. The molecule has 9 nitrogen and oxygen atoms in total. The summed E-state index contributed by atoms with van der Waals surface area (Å²) < 4.78 is 7.05. The summed E-state index contributed by atoms with van der Waals surface area (Å²) in [5.41, 5.74) is 1.55. The molecule has 0 aliphatic rings. The maximum Gasteiger partial charge on any atom is 0.407 e. The van der Waals surface area contributed by atoms with E-state index in [2.05, 4.69) is 37.9 Å². The van der Waals surface area contributed by atoms with Crippen LogP contribution in [-0.4, -0.2) is 52.1 Å². The van der Waals surface area contributed by atoms with Gasteiger partial charge in [-0.15, -0.1) is 24.0 Å². The first-order valence-electron chi connectivity index (χ1n) is 10.7. The Balaban J connectivity index is 0.00000512. The SMILES string of the molecule is CCCCC(CNC(=O)OC(C)(C)C)NC(=NC)NCc1ccc(-n2cncn2)cc1.I. The zero-order chi connectivity index (χ0) is 22.7. The molecule has 1 atom stereocenters. The lowest BCUT2D eigenvalue weighted by atomic mass is 10.1. The van der Waals surface area contributed by atoms with Crippen molar-refractivity contribution < 1.29 is 9.53 Å². The molecule has 0 aliphatic carbocycles. The number of carbonyl (C=O) groups is 1. The summed E-state index contributed by atoms with van der Waals surface area (Å²) in [5.74, 6) is 0.687. The Morgan fingerprint density at radius 2 is 1.94 bits per heavy atom. The molecule has 1 amide bonds. The number of aliphatic imine (C=N–C) groups is 1. The van der Waals surface area contributed by atoms with E-state index in [0.717, 1.165) is 30.5 Å². The van der Waals surface area contributed by atoms with Gasteiger partial charge in [-0.25, -0.2) is 14.5 Å². The van der Waals surface area contributed by atoms with Crippen LogP contribution in [0.4, 0.5) is 4.79 Å². The minimum Gasteiger partial charge on any atom is -0.444 e. The van der Waals surface area contributed by atoms with Crippen molar-refractivity contribution in [2.75, 3.05) is 13.6 Å². The topological polar surface area (TPSA) is 105 Å². The zero-order valence-corrected chi connectivity index (χ0v) is 21.9. The molecule has 10 heteroatoms. The number of hydrogen-bond acceptors (Lipinski definition) is 5. The van der Waals surface area contributed by atoms with Gasteiger partial charge in [0.25, 0.3) is 0 Å². The van der Waals surface area contributed by atoms with Crippen molar-refractivity contribution >= 4 is 36.0 Å². The summed E-state index contributed by atoms with van der Waals surface area (Å²) in [6, 6.07) is 8.12. The number of aromatic nitrogens is 3. The fourth-order valence-corrected chi connectivity index (χ4v) is 2.88. The van der Waals surface area contributed by atoms with E-state index in [1.54, 1.807) is 18.1 Å². The van der Waals surface area contributed by atoms with Gasteiger partial charge in [0.1, 0.15) is 18.3 Å². The van der Waals surface area contributed by atoms with Crippen LogP contribution < -0.4 is 16.0 Å².